The molecule has 0 saturated carbocycles. The van der Waals surface area contributed by atoms with Crippen molar-refractivity contribution in [2.75, 3.05) is 30.3 Å². The molecule has 0 aromatic heterocycles. The number of carbonyl (C=O) groups excluding carboxylic acids is 2. The highest BCUT2D eigenvalue weighted by Crippen LogP contribution is 2.17. The Bertz CT molecular complexity index is 809. The van der Waals surface area contributed by atoms with Crippen molar-refractivity contribution in [1.29, 1.82) is 0 Å². The van der Waals surface area contributed by atoms with Crippen LogP contribution in [0.15, 0.2) is 42.5 Å². The summed E-state index contributed by atoms with van der Waals surface area (Å²) >= 11 is 0. The topological polar surface area (TPSA) is 61.4 Å². The van der Waals surface area contributed by atoms with E-state index in [0.29, 0.717) is 11.3 Å². The zero-order chi connectivity index (χ0) is 19.2. The van der Waals surface area contributed by atoms with Crippen molar-refractivity contribution < 1.29 is 9.59 Å². The lowest BCUT2D eigenvalue weighted by Gasteiger charge is -2.26. The molecule has 142 valence electrons. The van der Waals surface area contributed by atoms with Crippen LogP contribution in [-0.2, 0) is 4.79 Å². The van der Waals surface area contributed by atoms with Crippen LogP contribution in [0.2, 0.25) is 0 Å². The van der Waals surface area contributed by atoms with Gasteiger partial charge in [-0.25, -0.2) is 0 Å². The van der Waals surface area contributed by atoms with Gasteiger partial charge in [0.25, 0.3) is 5.91 Å². The van der Waals surface area contributed by atoms with Gasteiger partial charge in [-0.2, -0.15) is 0 Å². The number of hydrogen-bond acceptors (Lipinski definition) is 3. The standard InChI is InChI=1S/C22H27N3O2/c1-16-6-7-17(2)20(14-16)23-15-21(26)24-19-10-8-18(9-11-19)22(27)25-12-4-3-5-13-25/h6-11,14,23H,3-5,12-13,15H2,1-2H3,(H,24,26). The molecule has 0 aliphatic carbocycles. The van der Waals surface area contributed by atoms with E-state index in [-0.39, 0.29) is 18.4 Å². The van der Waals surface area contributed by atoms with E-state index in [1.165, 1.54) is 6.42 Å². The quantitative estimate of drug-likeness (QED) is 0.842. The van der Waals surface area contributed by atoms with Crippen LogP contribution in [0.25, 0.3) is 0 Å². The molecule has 2 aromatic rings. The molecule has 27 heavy (non-hydrogen) atoms. The van der Waals surface area contributed by atoms with Gasteiger partial charge in [0.2, 0.25) is 5.91 Å². The number of nitrogens with zero attached hydrogens (tertiary/aromatic N) is 1. The third-order valence-electron chi connectivity index (χ3n) is 4.89. The van der Waals surface area contributed by atoms with Crippen molar-refractivity contribution in [3.8, 4) is 0 Å². The largest absolute Gasteiger partial charge is 0.376 e. The average molecular weight is 365 g/mol. The maximum Gasteiger partial charge on any atom is 0.253 e. The van der Waals surface area contributed by atoms with Gasteiger partial charge < -0.3 is 15.5 Å². The molecule has 0 spiro atoms. The van der Waals surface area contributed by atoms with Crippen molar-refractivity contribution in [2.24, 2.45) is 0 Å². The summed E-state index contributed by atoms with van der Waals surface area (Å²) in [5.74, 6) is -0.0461. The third kappa shape index (κ3) is 5.09. The molecule has 0 radical (unpaired) electrons. The first-order valence-corrected chi connectivity index (χ1v) is 9.53. The van der Waals surface area contributed by atoms with Gasteiger partial charge >= 0.3 is 0 Å². The first kappa shape index (κ1) is 19.0. The van der Waals surface area contributed by atoms with Gasteiger partial charge in [0.15, 0.2) is 0 Å². The van der Waals surface area contributed by atoms with Crippen molar-refractivity contribution in [3.05, 3.63) is 59.2 Å². The Hall–Kier alpha value is -2.82. The molecular formula is C22H27N3O2. The highest BCUT2D eigenvalue weighted by molar-refractivity contribution is 5.96. The van der Waals surface area contributed by atoms with Crippen molar-refractivity contribution >= 4 is 23.2 Å². The van der Waals surface area contributed by atoms with Crippen LogP contribution in [0.5, 0.6) is 0 Å². The summed E-state index contributed by atoms with van der Waals surface area (Å²) in [4.78, 5) is 26.6. The number of anilines is 2. The summed E-state index contributed by atoms with van der Waals surface area (Å²) in [6, 6.07) is 13.2. The van der Waals surface area contributed by atoms with Crippen LogP contribution in [0, 0.1) is 13.8 Å². The van der Waals surface area contributed by atoms with Gasteiger partial charge in [-0.05, 0) is 74.6 Å². The Morgan fingerprint density at radius 3 is 2.37 bits per heavy atom. The lowest BCUT2D eigenvalue weighted by atomic mass is 10.1. The summed E-state index contributed by atoms with van der Waals surface area (Å²) in [7, 11) is 0. The molecule has 0 unspecified atom stereocenters. The molecule has 3 rings (SSSR count). The molecule has 2 aromatic carbocycles. The number of piperidine rings is 1. The Balaban J connectivity index is 1.53. The van der Waals surface area contributed by atoms with E-state index in [2.05, 4.69) is 10.6 Å². The van der Waals surface area contributed by atoms with E-state index >= 15 is 0 Å². The van der Waals surface area contributed by atoms with Crippen LogP contribution in [0.3, 0.4) is 0 Å². The number of benzene rings is 2. The van der Waals surface area contributed by atoms with Gasteiger partial charge in [0, 0.05) is 30.0 Å². The SMILES string of the molecule is Cc1ccc(C)c(NCC(=O)Nc2ccc(C(=O)N3CCCCC3)cc2)c1. The van der Waals surface area contributed by atoms with Crippen LogP contribution < -0.4 is 10.6 Å². The van der Waals surface area contributed by atoms with E-state index in [9.17, 15) is 9.59 Å². The van der Waals surface area contributed by atoms with Crippen molar-refractivity contribution in [3.63, 3.8) is 0 Å². The Morgan fingerprint density at radius 1 is 0.963 bits per heavy atom. The highest BCUT2D eigenvalue weighted by Gasteiger charge is 2.18. The van der Waals surface area contributed by atoms with Gasteiger partial charge in [-0.15, -0.1) is 0 Å². The highest BCUT2D eigenvalue weighted by atomic mass is 16.2. The maximum absolute atomic E-state index is 12.5. The molecule has 1 saturated heterocycles. The van der Waals surface area contributed by atoms with E-state index in [0.717, 1.165) is 42.7 Å². The van der Waals surface area contributed by atoms with Crippen molar-refractivity contribution in [1.82, 2.24) is 4.90 Å². The Labute approximate surface area is 160 Å². The Kier molecular flexibility index (Phi) is 6.12. The predicted octanol–water partition coefficient (Wildman–Crippen LogP) is 3.98. The minimum absolute atomic E-state index is 0.0733. The first-order valence-electron chi connectivity index (χ1n) is 9.53. The molecule has 1 aliphatic rings. The van der Waals surface area contributed by atoms with Gasteiger partial charge in [-0.3, -0.25) is 9.59 Å². The monoisotopic (exact) mass is 365 g/mol. The smallest absolute Gasteiger partial charge is 0.253 e. The number of carbonyl (C=O) groups is 2. The minimum Gasteiger partial charge on any atom is -0.376 e. The molecule has 1 heterocycles. The zero-order valence-electron chi connectivity index (χ0n) is 16.0. The van der Waals surface area contributed by atoms with Crippen LogP contribution in [0.4, 0.5) is 11.4 Å². The zero-order valence-corrected chi connectivity index (χ0v) is 16.0. The molecular weight excluding hydrogens is 338 g/mol. The summed E-state index contributed by atoms with van der Waals surface area (Å²) in [5.41, 5.74) is 4.58. The maximum atomic E-state index is 12.5. The number of rotatable bonds is 5. The summed E-state index contributed by atoms with van der Waals surface area (Å²) in [6.07, 6.45) is 3.35. The van der Waals surface area contributed by atoms with Crippen molar-refractivity contribution in [2.45, 2.75) is 33.1 Å². The summed E-state index contributed by atoms with van der Waals surface area (Å²) in [5, 5.41) is 6.04. The fraction of sp³-hybridized carbons (Fsp3) is 0.364. The molecule has 2 amide bonds. The number of aryl methyl sites for hydroxylation is 2. The first-order chi connectivity index (χ1) is 13.0. The van der Waals surface area contributed by atoms with Crippen LogP contribution in [-0.4, -0.2) is 36.3 Å². The lowest BCUT2D eigenvalue weighted by Crippen LogP contribution is -2.35. The second-order valence-corrected chi connectivity index (χ2v) is 7.15. The van der Waals surface area contributed by atoms with Gasteiger partial charge in [0.05, 0.1) is 6.54 Å². The second-order valence-electron chi connectivity index (χ2n) is 7.15. The van der Waals surface area contributed by atoms with E-state index in [1.807, 2.05) is 36.9 Å². The summed E-state index contributed by atoms with van der Waals surface area (Å²) < 4.78 is 0. The molecule has 5 nitrogen and oxygen atoms in total. The van der Waals surface area contributed by atoms with E-state index in [4.69, 9.17) is 0 Å². The van der Waals surface area contributed by atoms with Crippen LogP contribution in [0.1, 0.15) is 40.7 Å². The van der Waals surface area contributed by atoms with Gasteiger partial charge in [-0.1, -0.05) is 12.1 Å². The second kappa shape index (κ2) is 8.71. The van der Waals surface area contributed by atoms with E-state index < -0.39 is 0 Å². The molecule has 0 atom stereocenters. The summed E-state index contributed by atoms with van der Waals surface area (Å²) in [6.45, 7) is 5.90. The lowest BCUT2D eigenvalue weighted by molar-refractivity contribution is -0.114. The molecule has 1 aliphatic heterocycles. The number of nitrogens with one attached hydrogen (secondary N) is 2. The third-order valence-corrected chi connectivity index (χ3v) is 4.89. The minimum atomic E-state index is -0.119. The van der Waals surface area contributed by atoms with Crippen LogP contribution >= 0.6 is 0 Å². The Morgan fingerprint density at radius 2 is 1.67 bits per heavy atom. The number of likely N-dealkylation sites (tertiary alicyclic amines) is 1. The fourth-order valence-corrected chi connectivity index (χ4v) is 3.28. The molecule has 2 N–H and O–H groups in total. The van der Waals surface area contributed by atoms with E-state index in [1.54, 1.807) is 24.3 Å². The predicted molar refractivity (Wildman–Crippen MR) is 109 cm³/mol. The molecule has 5 heteroatoms. The molecule has 1 fully saturated rings. The number of hydrogen-bond donors (Lipinski definition) is 2. The average Bonchev–Trinajstić information content (AvgIpc) is 2.69. The fourth-order valence-electron chi connectivity index (χ4n) is 3.28. The van der Waals surface area contributed by atoms with Gasteiger partial charge in [0.1, 0.15) is 0 Å². The molecule has 0 bridgehead atoms. The number of amides is 2. The normalized spacial score (nSPS) is 13.9.